The van der Waals surface area contributed by atoms with Crippen LogP contribution in [0.2, 0.25) is 0 Å². The maximum Gasteiger partial charge on any atom is 0.331 e. The first-order chi connectivity index (χ1) is 12.0. The largest absolute Gasteiger partial charge is 0.467 e. The predicted octanol–water partition coefficient (Wildman–Crippen LogP) is 4.12. The first-order valence-electron chi connectivity index (χ1n) is 10.1. The molecular weight excluding hydrogens is 318 g/mol. The molecule has 25 heavy (non-hydrogen) atoms. The third-order valence-corrected chi connectivity index (χ3v) is 4.51. The number of aliphatic hydroxyl groups is 1. The zero-order chi connectivity index (χ0) is 18.9. The summed E-state index contributed by atoms with van der Waals surface area (Å²) >= 11 is 0. The molecule has 0 spiro atoms. The van der Waals surface area contributed by atoms with Gasteiger partial charge in [0.05, 0.1) is 13.2 Å². The monoisotopic (exact) mass is 357 g/mol. The molecule has 0 rings (SSSR count). The smallest absolute Gasteiger partial charge is 0.331 e. The lowest BCUT2D eigenvalue weighted by molar-refractivity contribution is -0.148. The maximum atomic E-state index is 11.8. The van der Waals surface area contributed by atoms with Gasteiger partial charge in [-0.05, 0) is 13.3 Å². The third-order valence-electron chi connectivity index (χ3n) is 4.51. The number of esters is 1. The summed E-state index contributed by atoms with van der Waals surface area (Å²) in [6.45, 7) is 3.71. The van der Waals surface area contributed by atoms with Crippen LogP contribution in [0.25, 0.3) is 0 Å². The molecule has 5 heteroatoms. The zero-order valence-corrected chi connectivity index (χ0v) is 16.5. The summed E-state index contributed by atoms with van der Waals surface area (Å²) in [6, 6.07) is -0.977. The lowest BCUT2D eigenvalue weighted by Crippen LogP contribution is -2.48. The number of nitrogens with one attached hydrogen (secondary N) is 1. The van der Waals surface area contributed by atoms with Gasteiger partial charge in [0.25, 0.3) is 0 Å². The van der Waals surface area contributed by atoms with Crippen molar-refractivity contribution in [1.82, 2.24) is 5.32 Å². The van der Waals surface area contributed by atoms with E-state index in [9.17, 15) is 14.7 Å². The van der Waals surface area contributed by atoms with Gasteiger partial charge < -0.3 is 15.2 Å². The summed E-state index contributed by atoms with van der Waals surface area (Å²) in [6.07, 6.45) is 14.4. The van der Waals surface area contributed by atoms with Crippen LogP contribution < -0.4 is 5.32 Å². The van der Waals surface area contributed by atoms with Crippen molar-refractivity contribution in [2.24, 2.45) is 0 Å². The molecule has 2 N–H and O–H groups in total. The number of hydrogen-bond donors (Lipinski definition) is 2. The normalized spacial score (nSPS) is 13.3. The number of unbranched alkanes of at least 4 members (excludes halogenated alkanes) is 11. The van der Waals surface area contributed by atoms with E-state index in [1.165, 1.54) is 71.8 Å². The van der Waals surface area contributed by atoms with Crippen LogP contribution in [0.15, 0.2) is 0 Å². The van der Waals surface area contributed by atoms with Gasteiger partial charge in [0, 0.05) is 6.42 Å². The minimum atomic E-state index is -0.977. The second-order valence-electron chi connectivity index (χ2n) is 6.95. The van der Waals surface area contributed by atoms with Crippen molar-refractivity contribution in [3.8, 4) is 0 Å². The third kappa shape index (κ3) is 13.8. The van der Waals surface area contributed by atoms with Crippen molar-refractivity contribution in [2.75, 3.05) is 7.11 Å². The fourth-order valence-corrected chi connectivity index (χ4v) is 2.88. The predicted molar refractivity (Wildman–Crippen MR) is 101 cm³/mol. The molecule has 1 amide bonds. The molecule has 0 radical (unpaired) electrons. The molecule has 0 aromatic heterocycles. The Morgan fingerprint density at radius 3 is 1.72 bits per heavy atom. The van der Waals surface area contributed by atoms with Crippen LogP contribution in [0.3, 0.4) is 0 Å². The number of aliphatic hydroxyl groups excluding tert-OH is 1. The van der Waals surface area contributed by atoms with Crippen molar-refractivity contribution in [1.29, 1.82) is 0 Å². The van der Waals surface area contributed by atoms with Gasteiger partial charge in [-0.25, -0.2) is 4.79 Å². The SMILES string of the molecule is CCCCCCCCCCCCCCC(=O)NC(C(=O)OC)C(C)O. The van der Waals surface area contributed by atoms with E-state index in [-0.39, 0.29) is 5.91 Å². The molecule has 0 aliphatic carbocycles. The molecule has 0 aromatic carbocycles. The number of methoxy groups -OCH3 is 1. The summed E-state index contributed by atoms with van der Waals surface area (Å²) in [5, 5.41) is 12.1. The van der Waals surface area contributed by atoms with Crippen LogP contribution in [-0.2, 0) is 14.3 Å². The quantitative estimate of drug-likeness (QED) is 0.322. The first kappa shape index (κ1) is 23.9. The van der Waals surface area contributed by atoms with E-state index in [0.29, 0.717) is 6.42 Å². The summed E-state index contributed by atoms with van der Waals surface area (Å²) in [5.74, 6) is -0.818. The Bertz CT molecular complexity index is 345. The van der Waals surface area contributed by atoms with E-state index >= 15 is 0 Å². The standard InChI is InChI=1S/C20H39NO4/c1-4-5-6-7-8-9-10-11-12-13-14-15-16-18(23)21-19(17(2)22)20(24)25-3/h17,19,22H,4-16H2,1-3H3,(H,21,23). The van der Waals surface area contributed by atoms with Gasteiger partial charge in [-0.1, -0.05) is 77.6 Å². The highest BCUT2D eigenvalue weighted by atomic mass is 16.5. The lowest BCUT2D eigenvalue weighted by atomic mass is 10.0. The highest BCUT2D eigenvalue weighted by Gasteiger charge is 2.25. The summed E-state index contributed by atoms with van der Waals surface area (Å²) in [7, 11) is 1.25. The second kappa shape index (κ2) is 16.4. The Kier molecular flexibility index (Phi) is 15.7. The van der Waals surface area contributed by atoms with Crippen molar-refractivity contribution in [2.45, 2.75) is 109 Å². The number of carbonyl (C=O) groups is 2. The van der Waals surface area contributed by atoms with Gasteiger partial charge in [-0.3, -0.25) is 4.79 Å². The minimum absolute atomic E-state index is 0.205. The molecule has 0 saturated carbocycles. The number of amides is 1. The molecule has 2 unspecified atom stereocenters. The molecule has 148 valence electrons. The van der Waals surface area contributed by atoms with Crippen molar-refractivity contribution in [3.05, 3.63) is 0 Å². The minimum Gasteiger partial charge on any atom is -0.467 e. The fraction of sp³-hybridized carbons (Fsp3) is 0.900. The number of rotatable bonds is 16. The van der Waals surface area contributed by atoms with E-state index in [2.05, 4.69) is 17.0 Å². The van der Waals surface area contributed by atoms with E-state index in [0.717, 1.165) is 19.3 Å². The van der Waals surface area contributed by atoms with E-state index in [4.69, 9.17) is 0 Å². The fourth-order valence-electron chi connectivity index (χ4n) is 2.88. The summed E-state index contributed by atoms with van der Waals surface area (Å²) < 4.78 is 4.58. The van der Waals surface area contributed by atoms with Crippen LogP contribution in [0, 0.1) is 0 Å². The average molecular weight is 358 g/mol. The van der Waals surface area contributed by atoms with Gasteiger partial charge in [0.2, 0.25) is 5.91 Å². The van der Waals surface area contributed by atoms with Crippen LogP contribution in [0.1, 0.15) is 97.3 Å². The molecule has 0 aromatic rings. The van der Waals surface area contributed by atoms with Gasteiger partial charge in [-0.15, -0.1) is 0 Å². The Labute approximate surface area is 153 Å². The van der Waals surface area contributed by atoms with E-state index < -0.39 is 18.1 Å². The Morgan fingerprint density at radius 1 is 0.880 bits per heavy atom. The van der Waals surface area contributed by atoms with Gasteiger partial charge in [0.1, 0.15) is 0 Å². The molecule has 0 aliphatic heterocycles. The highest BCUT2D eigenvalue weighted by molar-refractivity contribution is 5.84. The maximum absolute atomic E-state index is 11.8. The van der Waals surface area contributed by atoms with Crippen LogP contribution in [0.5, 0.6) is 0 Å². The van der Waals surface area contributed by atoms with Crippen LogP contribution in [0.4, 0.5) is 0 Å². The molecule has 5 nitrogen and oxygen atoms in total. The average Bonchev–Trinajstić information content (AvgIpc) is 2.59. The molecule has 0 bridgehead atoms. The highest BCUT2D eigenvalue weighted by Crippen LogP contribution is 2.12. The molecule has 0 heterocycles. The van der Waals surface area contributed by atoms with Crippen molar-refractivity contribution in [3.63, 3.8) is 0 Å². The zero-order valence-electron chi connectivity index (χ0n) is 16.5. The number of carbonyl (C=O) groups excluding carboxylic acids is 2. The van der Waals surface area contributed by atoms with E-state index in [1.807, 2.05) is 0 Å². The Balaban J connectivity index is 3.52. The second-order valence-corrected chi connectivity index (χ2v) is 6.95. The first-order valence-corrected chi connectivity index (χ1v) is 10.1. The van der Waals surface area contributed by atoms with E-state index in [1.54, 1.807) is 0 Å². The summed E-state index contributed by atoms with van der Waals surface area (Å²) in [4.78, 5) is 23.3. The Hall–Kier alpha value is -1.10. The van der Waals surface area contributed by atoms with Crippen molar-refractivity contribution < 1.29 is 19.4 Å². The Morgan fingerprint density at radius 2 is 1.32 bits per heavy atom. The summed E-state index contributed by atoms with van der Waals surface area (Å²) in [5.41, 5.74) is 0. The van der Waals surface area contributed by atoms with Crippen molar-refractivity contribution >= 4 is 11.9 Å². The van der Waals surface area contributed by atoms with Crippen LogP contribution in [-0.4, -0.2) is 36.2 Å². The number of ether oxygens (including phenoxy) is 1. The molecule has 0 saturated heterocycles. The topological polar surface area (TPSA) is 75.6 Å². The molecule has 0 fully saturated rings. The van der Waals surface area contributed by atoms with Crippen LogP contribution >= 0.6 is 0 Å². The molecular formula is C20H39NO4. The van der Waals surface area contributed by atoms with Gasteiger partial charge >= 0.3 is 5.97 Å². The molecule has 2 atom stereocenters. The molecule has 0 aliphatic rings. The van der Waals surface area contributed by atoms with Gasteiger partial charge in [0.15, 0.2) is 6.04 Å². The number of hydrogen-bond acceptors (Lipinski definition) is 4. The van der Waals surface area contributed by atoms with Gasteiger partial charge in [-0.2, -0.15) is 0 Å². The lowest BCUT2D eigenvalue weighted by Gasteiger charge is -2.18.